The monoisotopic (exact) mass is 299 g/mol. The Bertz CT molecular complexity index is 331. The second-order valence-electron chi connectivity index (χ2n) is 6.89. The predicted octanol–water partition coefficient (Wildman–Crippen LogP) is 1.63. The topological polar surface area (TPSA) is 55.8 Å². The van der Waals surface area contributed by atoms with Gasteiger partial charge in [-0.1, -0.05) is 6.92 Å². The number of nitrogens with one attached hydrogen (secondary N) is 1. The molecule has 0 amide bonds. The Morgan fingerprint density at radius 3 is 2.43 bits per heavy atom. The van der Waals surface area contributed by atoms with Crippen LogP contribution in [-0.4, -0.2) is 72.2 Å². The first-order valence-electron chi connectivity index (χ1n) is 8.18. The van der Waals surface area contributed by atoms with Gasteiger partial charge < -0.3 is 14.9 Å². The zero-order valence-corrected chi connectivity index (χ0v) is 14.4. The van der Waals surface area contributed by atoms with Crippen molar-refractivity contribution in [3.63, 3.8) is 0 Å². The van der Waals surface area contributed by atoms with Crippen molar-refractivity contribution in [1.82, 2.24) is 15.1 Å². The molecule has 2 atom stereocenters. The molecule has 0 aliphatic heterocycles. The van der Waals surface area contributed by atoms with E-state index in [2.05, 4.69) is 43.1 Å². The average molecular weight is 299 g/mol. The Balaban J connectivity index is 2.52. The van der Waals surface area contributed by atoms with Crippen LogP contribution in [0.15, 0.2) is 0 Å². The van der Waals surface area contributed by atoms with Crippen LogP contribution in [0.2, 0.25) is 0 Å². The third kappa shape index (κ3) is 6.32. The lowest BCUT2D eigenvalue weighted by molar-refractivity contribution is -0.145. The molecule has 1 aliphatic rings. The molecule has 0 aromatic carbocycles. The van der Waals surface area contributed by atoms with Crippen LogP contribution in [0.4, 0.5) is 0 Å². The van der Waals surface area contributed by atoms with E-state index in [0.717, 1.165) is 38.9 Å². The van der Waals surface area contributed by atoms with Gasteiger partial charge in [-0.15, -0.1) is 0 Å². The molecule has 0 aromatic rings. The van der Waals surface area contributed by atoms with Crippen molar-refractivity contribution < 1.29 is 9.90 Å². The minimum atomic E-state index is -0.810. The van der Waals surface area contributed by atoms with E-state index in [1.165, 1.54) is 0 Å². The first kappa shape index (κ1) is 18.4. The molecule has 1 aliphatic carbocycles. The lowest BCUT2D eigenvalue weighted by atomic mass is 9.92. The molecular formula is C16H33N3O2. The Labute approximate surface area is 129 Å². The summed E-state index contributed by atoms with van der Waals surface area (Å²) in [5, 5.41) is 12.9. The molecule has 0 saturated heterocycles. The fourth-order valence-electron chi connectivity index (χ4n) is 2.89. The van der Waals surface area contributed by atoms with Gasteiger partial charge in [0.25, 0.3) is 0 Å². The number of hydrogen-bond acceptors (Lipinski definition) is 4. The van der Waals surface area contributed by atoms with Gasteiger partial charge in [-0.2, -0.15) is 0 Å². The van der Waals surface area contributed by atoms with Crippen molar-refractivity contribution in [2.24, 2.45) is 0 Å². The molecule has 0 bridgehead atoms. The van der Waals surface area contributed by atoms with Crippen LogP contribution < -0.4 is 5.32 Å². The van der Waals surface area contributed by atoms with Crippen molar-refractivity contribution in [1.29, 1.82) is 0 Å². The van der Waals surface area contributed by atoms with E-state index in [0.29, 0.717) is 12.5 Å². The average Bonchev–Trinajstić information content (AvgIpc) is 3.17. The van der Waals surface area contributed by atoms with Crippen LogP contribution >= 0.6 is 0 Å². The summed E-state index contributed by atoms with van der Waals surface area (Å²) in [6.45, 7) is 9.19. The highest BCUT2D eigenvalue weighted by molar-refractivity contribution is 5.78. The highest BCUT2D eigenvalue weighted by Gasteiger charge is 2.40. The minimum Gasteiger partial charge on any atom is -0.480 e. The number of carboxylic acid groups (broad SMARTS) is 1. The van der Waals surface area contributed by atoms with Gasteiger partial charge in [0.15, 0.2) is 0 Å². The summed E-state index contributed by atoms with van der Waals surface area (Å²) in [6.07, 6.45) is 3.98. The highest BCUT2D eigenvalue weighted by atomic mass is 16.4. The summed E-state index contributed by atoms with van der Waals surface area (Å²) in [7, 11) is 4.17. The summed E-state index contributed by atoms with van der Waals surface area (Å²) in [6, 6.07) is 0.673. The van der Waals surface area contributed by atoms with Crippen LogP contribution in [0, 0.1) is 0 Å². The number of carbonyl (C=O) groups is 1. The number of nitrogens with zero attached hydrogens (tertiary/aromatic N) is 2. The smallest absolute Gasteiger partial charge is 0.323 e. The second kappa shape index (κ2) is 8.11. The molecule has 2 N–H and O–H groups in total. The third-order valence-electron chi connectivity index (χ3n) is 4.36. The second-order valence-corrected chi connectivity index (χ2v) is 6.89. The Morgan fingerprint density at radius 2 is 2.00 bits per heavy atom. The van der Waals surface area contributed by atoms with E-state index in [4.69, 9.17) is 0 Å². The van der Waals surface area contributed by atoms with Gasteiger partial charge in [0.2, 0.25) is 0 Å². The Hall–Kier alpha value is -0.650. The van der Waals surface area contributed by atoms with Crippen molar-refractivity contribution in [3.8, 4) is 0 Å². The van der Waals surface area contributed by atoms with E-state index < -0.39 is 11.5 Å². The maximum absolute atomic E-state index is 11.6. The zero-order chi connectivity index (χ0) is 16.0. The molecule has 2 unspecified atom stereocenters. The Kier molecular flexibility index (Phi) is 7.10. The zero-order valence-electron chi connectivity index (χ0n) is 14.4. The van der Waals surface area contributed by atoms with Crippen molar-refractivity contribution in [2.75, 3.05) is 33.7 Å². The number of rotatable bonds is 11. The van der Waals surface area contributed by atoms with E-state index in [1.807, 2.05) is 6.92 Å². The van der Waals surface area contributed by atoms with Gasteiger partial charge in [0.1, 0.15) is 5.54 Å². The predicted molar refractivity (Wildman–Crippen MR) is 86.7 cm³/mol. The summed E-state index contributed by atoms with van der Waals surface area (Å²) in [4.78, 5) is 16.2. The third-order valence-corrected chi connectivity index (χ3v) is 4.36. The lowest BCUT2D eigenvalue weighted by Crippen LogP contribution is -2.54. The summed E-state index contributed by atoms with van der Waals surface area (Å²) in [5.41, 5.74) is -0.810. The molecule has 21 heavy (non-hydrogen) atoms. The van der Waals surface area contributed by atoms with Crippen LogP contribution in [-0.2, 0) is 4.79 Å². The summed E-state index contributed by atoms with van der Waals surface area (Å²) >= 11 is 0. The van der Waals surface area contributed by atoms with E-state index in [-0.39, 0.29) is 6.04 Å². The minimum absolute atomic E-state index is 0.268. The molecular weight excluding hydrogens is 266 g/mol. The fraction of sp³-hybridized carbons (Fsp3) is 0.938. The number of aliphatic carboxylic acids is 1. The standard InChI is InChI=1S/C16H33N3O2/c1-6-19(11-7-10-18(4)5)13(2)12-16(3,15(20)21)17-14-8-9-14/h13-14,17H,6-12H2,1-5H3,(H,20,21). The van der Waals surface area contributed by atoms with Crippen molar-refractivity contribution in [3.05, 3.63) is 0 Å². The quantitative estimate of drug-likeness (QED) is 0.607. The van der Waals surface area contributed by atoms with E-state index in [1.54, 1.807) is 0 Å². The fourth-order valence-corrected chi connectivity index (χ4v) is 2.89. The molecule has 124 valence electrons. The first-order valence-corrected chi connectivity index (χ1v) is 8.18. The molecule has 5 heteroatoms. The molecule has 0 radical (unpaired) electrons. The van der Waals surface area contributed by atoms with Crippen LogP contribution in [0.5, 0.6) is 0 Å². The lowest BCUT2D eigenvalue weighted by Gasteiger charge is -2.35. The maximum atomic E-state index is 11.6. The van der Waals surface area contributed by atoms with Gasteiger partial charge >= 0.3 is 5.97 Å². The SMILES string of the molecule is CCN(CCCN(C)C)C(C)CC(C)(NC1CC1)C(=O)O. The molecule has 1 fully saturated rings. The number of carboxylic acids is 1. The molecule has 0 heterocycles. The van der Waals surface area contributed by atoms with Gasteiger partial charge in [0.05, 0.1) is 0 Å². The molecule has 0 aromatic heterocycles. The van der Waals surface area contributed by atoms with Gasteiger partial charge in [-0.25, -0.2) is 0 Å². The van der Waals surface area contributed by atoms with E-state index in [9.17, 15) is 9.90 Å². The van der Waals surface area contributed by atoms with Crippen LogP contribution in [0.25, 0.3) is 0 Å². The van der Waals surface area contributed by atoms with Gasteiger partial charge in [0, 0.05) is 12.1 Å². The van der Waals surface area contributed by atoms with Crippen LogP contribution in [0.3, 0.4) is 0 Å². The summed E-state index contributed by atoms with van der Waals surface area (Å²) in [5.74, 6) is -0.731. The summed E-state index contributed by atoms with van der Waals surface area (Å²) < 4.78 is 0. The molecule has 1 rings (SSSR count). The van der Waals surface area contributed by atoms with Crippen molar-refractivity contribution in [2.45, 2.75) is 64.1 Å². The van der Waals surface area contributed by atoms with Crippen molar-refractivity contribution >= 4 is 5.97 Å². The molecule has 0 spiro atoms. The Morgan fingerprint density at radius 1 is 1.38 bits per heavy atom. The molecule has 1 saturated carbocycles. The van der Waals surface area contributed by atoms with Gasteiger partial charge in [-0.05, 0) is 73.3 Å². The highest BCUT2D eigenvalue weighted by Crippen LogP contribution is 2.26. The first-order chi connectivity index (χ1) is 9.78. The molecule has 5 nitrogen and oxygen atoms in total. The number of hydrogen-bond donors (Lipinski definition) is 2. The largest absolute Gasteiger partial charge is 0.480 e. The normalized spacial score (nSPS) is 19.8. The van der Waals surface area contributed by atoms with Crippen LogP contribution in [0.1, 0.15) is 46.5 Å². The van der Waals surface area contributed by atoms with E-state index >= 15 is 0 Å². The maximum Gasteiger partial charge on any atom is 0.323 e. The van der Waals surface area contributed by atoms with Gasteiger partial charge in [-0.3, -0.25) is 10.1 Å².